The number of rotatable bonds is 6. The van der Waals surface area contributed by atoms with Gasteiger partial charge in [-0.2, -0.15) is 11.3 Å². The van der Waals surface area contributed by atoms with E-state index in [1.54, 1.807) is 11.1 Å². The van der Waals surface area contributed by atoms with Gasteiger partial charge in [-0.25, -0.2) is 0 Å². The summed E-state index contributed by atoms with van der Waals surface area (Å²) in [6.45, 7) is 9.27. The van der Waals surface area contributed by atoms with Crippen molar-refractivity contribution in [3.8, 4) is 0 Å². The van der Waals surface area contributed by atoms with Gasteiger partial charge in [-0.1, -0.05) is 40.5 Å². The molecule has 1 heterocycles. The second kappa shape index (κ2) is 6.32. The standard InChI is InChI=1S/C14H24S/c1-5-11(3)7-13-9-15-10-14(13)8-12(4)6-2/h9-12H,5-8H2,1-4H3. The van der Waals surface area contributed by atoms with E-state index in [0.29, 0.717) is 0 Å². The van der Waals surface area contributed by atoms with Crippen LogP contribution in [-0.4, -0.2) is 0 Å². The predicted octanol–water partition coefficient (Wildman–Crippen LogP) is 4.93. The highest BCUT2D eigenvalue weighted by atomic mass is 32.1. The van der Waals surface area contributed by atoms with Gasteiger partial charge in [0.2, 0.25) is 0 Å². The normalized spacial score (nSPS) is 15.2. The highest BCUT2D eigenvalue weighted by Gasteiger charge is 2.09. The first-order valence-corrected chi connectivity index (χ1v) is 7.15. The largest absolute Gasteiger partial charge is 0.152 e. The van der Waals surface area contributed by atoms with Crippen molar-refractivity contribution in [3.63, 3.8) is 0 Å². The van der Waals surface area contributed by atoms with Gasteiger partial charge in [0.25, 0.3) is 0 Å². The average Bonchev–Trinajstić information content (AvgIpc) is 2.65. The van der Waals surface area contributed by atoms with Gasteiger partial charge in [0.15, 0.2) is 0 Å². The van der Waals surface area contributed by atoms with Crippen molar-refractivity contribution >= 4 is 11.3 Å². The summed E-state index contributed by atoms with van der Waals surface area (Å²) in [5, 5.41) is 4.70. The van der Waals surface area contributed by atoms with Gasteiger partial charge < -0.3 is 0 Å². The first kappa shape index (κ1) is 12.8. The predicted molar refractivity (Wildman–Crippen MR) is 70.6 cm³/mol. The number of hydrogen-bond donors (Lipinski definition) is 0. The SMILES string of the molecule is CCC(C)Cc1cscc1CC(C)CC. The van der Waals surface area contributed by atoms with Gasteiger partial charge >= 0.3 is 0 Å². The van der Waals surface area contributed by atoms with Crippen LogP contribution in [-0.2, 0) is 12.8 Å². The summed E-state index contributed by atoms with van der Waals surface area (Å²) in [6.07, 6.45) is 5.12. The van der Waals surface area contributed by atoms with Crippen molar-refractivity contribution in [1.29, 1.82) is 0 Å². The molecule has 1 rings (SSSR count). The summed E-state index contributed by atoms with van der Waals surface area (Å²) >= 11 is 1.87. The minimum Gasteiger partial charge on any atom is -0.152 e. The van der Waals surface area contributed by atoms with Crippen LogP contribution >= 0.6 is 11.3 Å². The maximum atomic E-state index is 2.35. The molecule has 2 atom stereocenters. The third kappa shape index (κ3) is 3.98. The Hall–Kier alpha value is -0.300. The molecule has 0 radical (unpaired) electrons. The average molecular weight is 224 g/mol. The summed E-state index contributed by atoms with van der Waals surface area (Å²) in [5.41, 5.74) is 3.21. The maximum Gasteiger partial charge on any atom is -0.00583 e. The van der Waals surface area contributed by atoms with Gasteiger partial charge in [-0.05, 0) is 46.6 Å². The van der Waals surface area contributed by atoms with Gasteiger partial charge in [-0.15, -0.1) is 0 Å². The molecule has 0 aromatic carbocycles. The molecule has 0 amide bonds. The minimum absolute atomic E-state index is 0.829. The van der Waals surface area contributed by atoms with Crippen molar-refractivity contribution in [1.82, 2.24) is 0 Å². The highest BCUT2D eigenvalue weighted by Crippen LogP contribution is 2.23. The molecule has 1 aromatic heterocycles. The fraction of sp³-hybridized carbons (Fsp3) is 0.714. The molecular formula is C14H24S. The van der Waals surface area contributed by atoms with Crippen LogP contribution in [0.3, 0.4) is 0 Å². The molecule has 86 valence electrons. The molecule has 1 heteroatoms. The van der Waals surface area contributed by atoms with E-state index in [9.17, 15) is 0 Å². The van der Waals surface area contributed by atoms with Crippen molar-refractivity contribution in [2.24, 2.45) is 11.8 Å². The first-order valence-electron chi connectivity index (χ1n) is 6.21. The number of hydrogen-bond acceptors (Lipinski definition) is 1. The Labute approximate surface area is 98.7 Å². The Morgan fingerprint density at radius 2 is 1.33 bits per heavy atom. The lowest BCUT2D eigenvalue weighted by Gasteiger charge is -2.12. The van der Waals surface area contributed by atoms with E-state index in [4.69, 9.17) is 0 Å². The van der Waals surface area contributed by atoms with Crippen LogP contribution in [0.15, 0.2) is 10.8 Å². The van der Waals surface area contributed by atoms with Gasteiger partial charge in [0.05, 0.1) is 0 Å². The van der Waals surface area contributed by atoms with E-state index in [2.05, 4.69) is 38.5 Å². The smallest absolute Gasteiger partial charge is 0.00583 e. The summed E-state index contributed by atoms with van der Waals surface area (Å²) in [5.74, 6) is 1.66. The van der Waals surface area contributed by atoms with Crippen LogP contribution in [0.1, 0.15) is 51.7 Å². The highest BCUT2D eigenvalue weighted by molar-refractivity contribution is 7.08. The molecule has 0 aliphatic heterocycles. The van der Waals surface area contributed by atoms with Gasteiger partial charge in [0, 0.05) is 0 Å². The maximum absolute atomic E-state index is 2.35. The molecule has 0 aliphatic rings. The number of thiophene rings is 1. The molecule has 0 aliphatic carbocycles. The van der Waals surface area contributed by atoms with Crippen LogP contribution in [0.25, 0.3) is 0 Å². The minimum atomic E-state index is 0.829. The lowest BCUT2D eigenvalue weighted by molar-refractivity contribution is 0.539. The fourth-order valence-corrected chi connectivity index (χ4v) is 2.64. The molecule has 0 fully saturated rings. The topological polar surface area (TPSA) is 0 Å². The van der Waals surface area contributed by atoms with E-state index in [1.165, 1.54) is 25.7 Å². The summed E-state index contributed by atoms with van der Waals surface area (Å²) in [6, 6.07) is 0. The first-order chi connectivity index (χ1) is 7.17. The molecule has 0 bridgehead atoms. The van der Waals surface area contributed by atoms with Crippen molar-refractivity contribution in [2.75, 3.05) is 0 Å². The van der Waals surface area contributed by atoms with Gasteiger partial charge in [-0.3, -0.25) is 0 Å². The molecule has 15 heavy (non-hydrogen) atoms. The second-order valence-corrected chi connectivity index (χ2v) is 5.60. The molecule has 0 N–H and O–H groups in total. The molecule has 0 saturated heterocycles. The van der Waals surface area contributed by atoms with Crippen molar-refractivity contribution in [2.45, 2.75) is 53.4 Å². The molecule has 0 nitrogen and oxygen atoms in total. The van der Waals surface area contributed by atoms with E-state index in [-0.39, 0.29) is 0 Å². The summed E-state index contributed by atoms with van der Waals surface area (Å²) in [7, 11) is 0. The zero-order valence-electron chi connectivity index (χ0n) is 10.5. The van der Waals surface area contributed by atoms with E-state index < -0.39 is 0 Å². The van der Waals surface area contributed by atoms with Crippen LogP contribution in [0.5, 0.6) is 0 Å². The zero-order valence-corrected chi connectivity index (χ0v) is 11.4. The zero-order chi connectivity index (χ0) is 11.3. The molecule has 0 spiro atoms. The summed E-state index contributed by atoms with van der Waals surface area (Å²) < 4.78 is 0. The van der Waals surface area contributed by atoms with Crippen LogP contribution in [0.4, 0.5) is 0 Å². The third-order valence-corrected chi connectivity index (χ3v) is 4.20. The molecule has 0 saturated carbocycles. The van der Waals surface area contributed by atoms with Crippen molar-refractivity contribution < 1.29 is 0 Å². The fourth-order valence-electron chi connectivity index (χ4n) is 1.75. The van der Waals surface area contributed by atoms with E-state index in [0.717, 1.165) is 11.8 Å². The molecule has 2 unspecified atom stereocenters. The molecular weight excluding hydrogens is 200 g/mol. The van der Waals surface area contributed by atoms with E-state index in [1.807, 2.05) is 11.3 Å². The summed E-state index contributed by atoms with van der Waals surface area (Å²) in [4.78, 5) is 0. The Morgan fingerprint density at radius 3 is 1.67 bits per heavy atom. The Morgan fingerprint density at radius 1 is 0.933 bits per heavy atom. The van der Waals surface area contributed by atoms with Crippen molar-refractivity contribution in [3.05, 3.63) is 21.9 Å². The second-order valence-electron chi connectivity index (χ2n) is 4.86. The Balaban J connectivity index is 2.60. The Bertz CT molecular complexity index is 248. The monoisotopic (exact) mass is 224 g/mol. The lowest BCUT2D eigenvalue weighted by Crippen LogP contribution is -2.03. The quantitative estimate of drug-likeness (QED) is 0.643. The molecule has 1 aromatic rings. The third-order valence-electron chi connectivity index (χ3n) is 3.36. The van der Waals surface area contributed by atoms with Crippen LogP contribution in [0, 0.1) is 11.8 Å². The Kier molecular flexibility index (Phi) is 5.38. The van der Waals surface area contributed by atoms with E-state index >= 15 is 0 Å². The van der Waals surface area contributed by atoms with Crippen LogP contribution < -0.4 is 0 Å². The lowest BCUT2D eigenvalue weighted by atomic mass is 9.93. The van der Waals surface area contributed by atoms with Crippen LogP contribution in [0.2, 0.25) is 0 Å². The van der Waals surface area contributed by atoms with Gasteiger partial charge in [0.1, 0.15) is 0 Å².